The Balaban J connectivity index is 1.57. The molecule has 0 aromatic heterocycles. The maximum absolute atomic E-state index is 12.7. The van der Waals surface area contributed by atoms with Crippen molar-refractivity contribution in [3.63, 3.8) is 0 Å². The van der Waals surface area contributed by atoms with Crippen molar-refractivity contribution in [2.24, 2.45) is 0 Å². The van der Waals surface area contributed by atoms with Gasteiger partial charge in [-0.25, -0.2) is 0 Å². The maximum atomic E-state index is 12.7. The molecule has 0 atom stereocenters. The van der Waals surface area contributed by atoms with Crippen LogP contribution < -0.4 is 14.2 Å². The van der Waals surface area contributed by atoms with Crippen LogP contribution in [0.15, 0.2) is 42.5 Å². The first-order valence-electron chi connectivity index (χ1n) is 9.27. The molecule has 8 heteroatoms. The zero-order valence-electron chi connectivity index (χ0n) is 16.4. The van der Waals surface area contributed by atoms with Gasteiger partial charge in [-0.2, -0.15) is 8.78 Å². The lowest BCUT2D eigenvalue weighted by molar-refractivity contribution is -0.0498. The molecular weight excluding hydrogens is 382 g/mol. The van der Waals surface area contributed by atoms with Crippen LogP contribution in [0, 0.1) is 0 Å². The summed E-state index contributed by atoms with van der Waals surface area (Å²) >= 11 is 0. The monoisotopic (exact) mass is 406 g/mol. The van der Waals surface area contributed by atoms with Gasteiger partial charge in [0.2, 0.25) is 0 Å². The smallest absolute Gasteiger partial charge is 0.387 e. The lowest BCUT2D eigenvalue weighted by atomic mass is 10.1. The Morgan fingerprint density at radius 3 is 2.21 bits per heavy atom. The summed E-state index contributed by atoms with van der Waals surface area (Å²) in [6.45, 7) is 0.424. The Morgan fingerprint density at radius 1 is 0.966 bits per heavy atom. The standard InChI is InChI=1S/C21H24F2N2O4/c1-27-18-7-8-19(28-2)16(13-18)14-24-9-11-25(12-10-24)20(26)15-3-5-17(6-4-15)29-21(22)23/h3-8,13,21H,9-12,14H2,1-2H3. The molecule has 156 valence electrons. The van der Waals surface area contributed by atoms with E-state index in [2.05, 4.69) is 9.64 Å². The topological polar surface area (TPSA) is 51.2 Å². The molecular formula is C21H24F2N2O4. The molecule has 0 saturated carbocycles. The van der Waals surface area contributed by atoms with Gasteiger partial charge in [0.15, 0.2) is 0 Å². The summed E-state index contributed by atoms with van der Waals surface area (Å²) in [5, 5.41) is 0. The molecule has 1 heterocycles. The largest absolute Gasteiger partial charge is 0.497 e. The van der Waals surface area contributed by atoms with Gasteiger partial charge in [0.25, 0.3) is 5.91 Å². The van der Waals surface area contributed by atoms with Gasteiger partial charge >= 0.3 is 6.61 Å². The Hall–Kier alpha value is -2.87. The van der Waals surface area contributed by atoms with Gasteiger partial charge in [-0.05, 0) is 42.5 Å². The number of halogens is 2. The first-order chi connectivity index (χ1) is 14.0. The van der Waals surface area contributed by atoms with Crippen molar-refractivity contribution >= 4 is 5.91 Å². The second-order valence-corrected chi connectivity index (χ2v) is 6.65. The summed E-state index contributed by atoms with van der Waals surface area (Å²) in [6.07, 6.45) is 0. The number of nitrogens with zero attached hydrogens (tertiary/aromatic N) is 2. The number of carbonyl (C=O) groups is 1. The van der Waals surface area contributed by atoms with Gasteiger partial charge in [0.05, 0.1) is 14.2 Å². The van der Waals surface area contributed by atoms with E-state index in [0.717, 1.165) is 30.2 Å². The molecule has 1 fully saturated rings. The quantitative estimate of drug-likeness (QED) is 0.707. The van der Waals surface area contributed by atoms with Crippen LogP contribution in [-0.4, -0.2) is 62.7 Å². The fourth-order valence-corrected chi connectivity index (χ4v) is 3.32. The van der Waals surface area contributed by atoms with Gasteiger partial charge in [-0.15, -0.1) is 0 Å². The van der Waals surface area contributed by atoms with Crippen LogP contribution in [0.3, 0.4) is 0 Å². The number of hydrogen-bond donors (Lipinski definition) is 0. The Morgan fingerprint density at radius 2 is 1.62 bits per heavy atom. The Labute approximate surface area is 168 Å². The van der Waals surface area contributed by atoms with E-state index in [1.807, 2.05) is 18.2 Å². The maximum Gasteiger partial charge on any atom is 0.387 e. The van der Waals surface area contributed by atoms with Crippen LogP contribution in [0.4, 0.5) is 8.78 Å². The summed E-state index contributed by atoms with van der Waals surface area (Å²) < 4.78 is 39.5. The van der Waals surface area contributed by atoms with Gasteiger partial charge in [0, 0.05) is 43.9 Å². The molecule has 0 spiro atoms. The Bertz CT molecular complexity index is 822. The van der Waals surface area contributed by atoms with E-state index in [4.69, 9.17) is 9.47 Å². The second kappa shape index (κ2) is 9.56. The molecule has 0 radical (unpaired) electrons. The molecule has 6 nitrogen and oxygen atoms in total. The summed E-state index contributed by atoms with van der Waals surface area (Å²) in [5.41, 5.74) is 1.48. The molecule has 0 N–H and O–H groups in total. The number of piperazine rings is 1. The van der Waals surface area contributed by atoms with Crippen LogP contribution in [0.5, 0.6) is 17.2 Å². The highest BCUT2D eigenvalue weighted by molar-refractivity contribution is 5.94. The molecule has 3 rings (SSSR count). The van der Waals surface area contributed by atoms with Crippen LogP contribution >= 0.6 is 0 Å². The fourth-order valence-electron chi connectivity index (χ4n) is 3.32. The first kappa shape index (κ1) is 20.9. The molecule has 1 amide bonds. The molecule has 0 bridgehead atoms. The molecule has 1 aliphatic rings. The number of carbonyl (C=O) groups excluding carboxylic acids is 1. The summed E-state index contributed by atoms with van der Waals surface area (Å²) in [7, 11) is 3.27. The summed E-state index contributed by atoms with van der Waals surface area (Å²) in [6, 6.07) is 11.5. The van der Waals surface area contributed by atoms with E-state index < -0.39 is 6.61 Å². The zero-order valence-corrected chi connectivity index (χ0v) is 16.4. The third-order valence-corrected chi connectivity index (χ3v) is 4.87. The summed E-state index contributed by atoms with van der Waals surface area (Å²) in [5.74, 6) is 1.49. The average molecular weight is 406 g/mol. The van der Waals surface area contributed by atoms with Crippen molar-refractivity contribution in [3.8, 4) is 17.2 Å². The van der Waals surface area contributed by atoms with Crippen molar-refractivity contribution in [1.29, 1.82) is 0 Å². The van der Waals surface area contributed by atoms with Crippen LogP contribution in [0.25, 0.3) is 0 Å². The van der Waals surface area contributed by atoms with Crippen LogP contribution in [0.1, 0.15) is 15.9 Å². The lowest BCUT2D eigenvalue weighted by Gasteiger charge is -2.35. The van der Waals surface area contributed by atoms with Crippen LogP contribution in [0.2, 0.25) is 0 Å². The Kier molecular flexibility index (Phi) is 6.87. The van der Waals surface area contributed by atoms with E-state index in [-0.39, 0.29) is 11.7 Å². The van der Waals surface area contributed by atoms with Gasteiger partial charge in [-0.1, -0.05) is 0 Å². The third-order valence-electron chi connectivity index (χ3n) is 4.87. The number of methoxy groups -OCH3 is 2. The van der Waals surface area contributed by atoms with Crippen molar-refractivity contribution in [2.75, 3.05) is 40.4 Å². The van der Waals surface area contributed by atoms with E-state index in [9.17, 15) is 13.6 Å². The highest BCUT2D eigenvalue weighted by Gasteiger charge is 2.23. The highest BCUT2D eigenvalue weighted by Crippen LogP contribution is 2.26. The molecule has 29 heavy (non-hydrogen) atoms. The van der Waals surface area contributed by atoms with Crippen molar-refractivity contribution in [2.45, 2.75) is 13.2 Å². The minimum atomic E-state index is -2.88. The minimum Gasteiger partial charge on any atom is -0.497 e. The molecule has 2 aromatic carbocycles. The second-order valence-electron chi connectivity index (χ2n) is 6.65. The number of alkyl halides is 2. The SMILES string of the molecule is COc1ccc(OC)c(CN2CCN(C(=O)c3ccc(OC(F)F)cc3)CC2)c1. The number of amides is 1. The van der Waals surface area contributed by atoms with Crippen LogP contribution in [-0.2, 0) is 6.54 Å². The fraction of sp³-hybridized carbons (Fsp3) is 0.381. The predicted octanol–water partition coefficient (Wildman–Crippen LogP) is 3.26. The molecule has 0 aliphatic carbocycles. The molecule has 2 aromatic rings. The number of hydrogen-bond acceptors (Lipinski definition) is 5. The molecule has 1 saturated heterocycles. The zero-order chi connectivity index (χ0) is 20.8. The highest BCUT2D eigenvalue weighted by atomic mass is 19.3. The van der Waals surface area contributed by atoms with Gasteiger partial charge < -0.3 is 19.1 Å². The average Bonchev–Trinajstić information content (AvgIpc) is 2.74. The molecule has 0 unspecified atom stereocenters. The van der Waals surface area contributed by atoms with Crippen molar-refractivity contribution < 1.29 is 27.8 Å². The number of benzene rings is 2. The van der Waals surface area contributed by atoms with Crippen molar-refractivity contribution in [3.05, 3.63) is 53.6 Å². The minimum absolute atomic E-state index is 0.0357. The van der Waals surface area contributed by atoms with E-state index in [1.165, 1.54) is 24.3 Å². The first-order valence-corrected chi connectivity index (χ1v) is 9.27. The van der Waals surface area contributed by atoms with Gasteiger partial charge in [0.1, 0.15) is 17.2 Å². The third kappa shape index (κ3) is 5.35. The van der Waals surface area contributed by atoms with E-state index >= 15 is 0 Å². The lowest BCUT2D eigenvalue weighted by Crippen LogP contribution is -2.48. The number of rotatable bonds is 7. The summed E-state index contributed by atoms with van der Waals surface area (Å²) in [4.78, 5) is 16.7. The van der Waals surface area contributed by atoms with Gasteiger partial charge in [-0.3, -0.25) is 9.69 Å². The normalized spacial score (nSPS) is 14.7. The predicted molar refractivity (Wildman–Crippen MR) is 104 cm³/mol. The van der Waals surface area contributed by atoms with E-state index in [1.54, 1.807) is 19.1 Å². The van der Waals surface area contributed by atoms with Crippen molar-refractivity contribution in [1.82, 2.24) is 9.80 Å². The molecule has 1 aliphatic heterocycles. The number of ether oxygens (including phenoxy) is 3. The van der Waals surface area contributed by atoms with E-state index in [0.29, 0.717) is 25.2 Å².